The zero-order valence-corrected chi connectivity index (χ0v) is 5.54. The van der Waals surface area contributed by atoms with Crippen LogP contribution < -0.4 is 10.6 Å². The predicted molar refractivity (Wildman–Crippen MR) is 39.4 cm³/mol. The Hall–Kier alpha value is -1.25. The van der Waals surface area contributed by atoms with Crippen molar-refractivity contribution in [2.45, 2.75) is 0 Å². The van der Waals surface area contributed by atoms with Crippen LogP contribution in [-0.4, -0.2) is 18.1 Å². The minimum Gasteiger partial charge on any atom is -0.380 e. The summed E-state index contributed by atoms with van der Waals surface area (Å²) < 4.78 is 0. The van der Waals surface area contributed by atoms with Gasteiger partial charge >= 0.3 is 0 Å². The van der Waals surface area contributed by atoms with Gasteiger partial charge in [0.1, 0.15) is 0 Å². The van der Waals surface area contributed by atoms with Crippen LogP contribution in [0.1, 0.15) is 0 Å². The maximum Gasteiger partial charge on any atom is 0.171 e. The van der Waals surface area contributed by atoms with E-state index in [1.54, 1.807) is 6.20 Å². The van der Waals surface area contributed by atoms with E-state index >= 15 is 0 Å². The van der Waals surface area contributed by atoms with E-state index in [2.05, 4.69) is 15.6 Å². The van der Waals surface area contributed by atoms with E-state index in [4.69, 9.17) is 0 Å². The van der Waals surface area contributed by atoms with Gasteiger partial charge in [-0.2, -0.15) is 0 Å². The molecular formula is C7H8N3. The molecule has 3 nitrogen and oxygen atoms in total. The van der Waals surface area contributed by atoms with Crippen molar-refractivity contribution in [1.82, 2.24) is 10.3 Å². The number of hydrogen-bond donors (Lipinski definition) is 1. The summed E-state index contributed by atoms with van der Waals surface area (Å²) in [6.07, 6.45) is 1.76. The van der Waals surface area contributed by atoms with Crippen LogP contribution in [0.5, 0.6) is 0 Å². The molecule has 0 aliphatic carbocycles. The minimum atomic E-state index is 0.837. The Morgan fingerprint density at radius 3 is 3.40 bits per heavy atom. The van der Waals surface area contributed by atoms with E-state index in [-0.39, 0.29) is 0 Å². The monoisotopic (exact) mass is 134 g/mol. The number of aromatic nitrogens is 1. The van der Waals surface area contributed by atoms with Crippen LogP contribution in [0.25, 0.3) is 0 Å². The van der Waals surface area contributed by atoms with Crippen molar-refractivity contribution in [2.24, 2.45) is 0 Å². The van der Waals surface area contributed by atoms with Crippen molar-refractivity contribution >= 4 is 11.5 Å². The highest BCUT2D eigenvalue weighted by molar-refractivity contribution is 5.61. The van der Waals surface area contributed by atoms with Gasteiger partial charge in [-0.05, 0) is 12.1 Å². The molecule has 3 heteroatoms. The Kier molecular flexibility index (Phi) is 1.20. The first kappa shape index (κ1) is 5.53. The summed E-state index contributed by atoms with van der Waals surface area (Å²) in [6.45, 7) is 1.77. The van der Waals surface area contributed by atoms with Crippen LogP contribution in [0.3, 0.4) is 0 Å². The van der Waals surface area contributed by atoms with E-state index in [9.17, 15) is 0 Å². The number of nitrogens with one attached hydrogen (secondary N) is 1. The summed E-state index contributed by atoms with van der Waals surface area (Å²) in [5.74, 6) is 0.841. The molecule has 1 aliphatic rings. The Labute approximate surface area is 59.5 Å². The predicted octanol–water partition coefficient (Wildman–Crippen LogP) is 0.743. The Morgan fingerprint density at radius 1 is 1.50 bits per heavy atom. The molecule has 0 atom stereocenters. The number of fused-ring (bicyclic) bond motifs is 1. The number of rotatable bonds is 0. The van der Waals surface area contributed by atoms with Crippen LogP contribution in [0.4, 0.5) is 11.5 Å². The summed E-state index contributed by atoms with van der Waals surface area (Å²) in [5, 5.41) is 7.43. The number of hydrogen-bond acceptors (Lipinski definition) is 2. The number of anilines is 1. The summed E-state index contributed by atoms with van der Waals surface area (Å²) in [5.41, 5.74) is 1.05. The quantitative estimate of drug-likeness (QED) is 0.568. The minimum absolute atomic E-state index is 0.837. The molecule has 1 aliphatic heterocycles. The second-order valence-corrected chi connectivity index (χ2v) is 2.18. The van der Waals surface area contributed by atoms with Crippen molar-refractivity contribution in [3.63, 3.8) is 0 Å². The highest BCUT2D eigenvalue weighted by Gasteiger charge is 2.07. The second kappa shape index (κ2) is 2.17. The third-order valence-electron chi connectivity index (χ3n) is 1.48. The molecule has 2 rings (SSSR count). The molecule has 0 saturated heterocycles. The lowest BCUT2D eigenvalue weighted by Gasteiger charge is -2.15. The lowest BCUT2D eigenvalue weighted by Crippen LogP contribution is -2.20. The molecule has 0 spiro atoms. The van der Waals surface area contributed by atoms with Gasteiger partial charge in [0, 0.05) is 12.7 Å². The van der Waals surface area contributed by atoms with Crippen molar-refractivity contribution in [1.29, 1.82) is 0 Å². The molecule has 1 aromatic rings. The standard InChI is InChI=1S/C7H8N3/c1-2-6-7(9-3-1)10-5-4-8-6/h1-3,8H,4-5H2. The first-order chi connectivity index (χ1) is 4.97. The number of nitrogens with zero attached hydrogens (tertiary/aromatic N) is 2. The summed E-state index contributed by atoms with van der Waals surface area (Å²) >= 11 is 0. The van der Waals surface area contributed by atoms with Crippen molar-refractivity contribution in [2.75, 3.05) is 18.4 Å². The van der Waals surface area contributed by atoms with Crippen LogP contribution in [0, 0.1) is 0 Å². The molecule has 0 unspecified atom stereocenters. The highest BCUT2D eigenvalue weighted by atomic mass is 15.1. The van der Waals surface area contributed by atoms with Gasteiger partial charge in [0.2, 0.25) is 0 Å². The van der Waals surface area contributed by atoms with Crippen LogP contribution in [0.2, 0.25) is 0 Å². The topological polar surface area (TPSA) is 39.0 Å². The first-order valence-corrected chi connectivity index (χ1v) is 3.33. The summed E-state index contributed by atoms with van der Waals surface area (Å²) in [6, 6.07) is 3.90. The molecule has 51 valence electrons. The average Bonchev–Trinajstić information content (AvgIpc) is 2.05. The molecule has 1 N–H and O–H groups in total. The maximum atomic E-state index is 4.22. The highest BCUT2D eigenvalue weighted by Crippen LogP contribution is 2.19. The van der Waals surface area contributed by atoms with Crippen LogP contribution >= 0.6 is 0 Å². The van der Waals surface area contributed by atoms with Crippen molar-refractivity contribution < 1.29 is 0 Å². The zero-order chi connectivity index (χ0) is 6.81. The van der Waals surface area contributed by atoms with Gasteiger partial charge in [0.25, 0.3) is 0 Å². The third-order valence-corrected chi connectivity index (χ3v) is 1.48. The largest absolute Gasteiger partial charge is 0.380 e. The molecule has 0 bridgehead atoms. The molecule has 1 radical (unpaired) electrons. The van der Waals surface area contributed by atoms with Gasteiger partial charge in [-0.3, -0.25) is 5.32 Å². The fourth-order valence-corrected chi connectivity index (χ4v) is 1.01. The van der Waals surface area contributed by atoms with Crippen LogP contribution in [-0.2, 0) is 0 Å². The van der Waals surface area contributed by atoms with E-state index in [0.29, 0.717) is 0 Å². The Morgan fingerprint density at radius 2 is 2.50 bits per heavy atom. The molecule has 0 saturated carbocycles. The van der Waals surface area contributed by atoms with Gasteiger partial charge in [-0.1, -0.05) is 0 Å². The molecule has 0 amide bonds. The average molecular weight is 134 g/mol. The van der Waals surface area contributed by atoms with Gasteiger partial charge in [0.05, 0.1) is 12.2 Å². The van der Waals surface area contributed by atoms with E-state index in [1.165, 1.54) is 0 Å². The fraction of sp³-hybridized carbons (Fsp3) is 0.286. The molecule has 1 aromatic heterocycles. The SMILES string of the molecule is c1cnc2c(c1)NCC[N]2. The maximum absolute atomic E-state index is 4.22. The molecule has 0 aromatic carbocycles. The lowest BCUT2D eigenvalue weighted by atomic mass is 10.3. The Bertz CT molecular complexity index is 209. The smallest absolute Gasteiger partial charge is 0.171 e. The molecule has 2 heterocycles. The summed E-state index contributed by atoms with van der Waals surface area (Å²) in [4.78, 5) is 4.09. The molecule has 10 heavy (non-hydrogen) atoms. The molecule has 0 fully saturated rings. The molecular weight excluding hydrogens is 126 g/mol. The van der Waals surface area contributed by atoms with Gasteiger partial charge in [0.15, 0.2) is 5.82 Å². The van der Waals surface area contributed by atoms with Gasteiger partial charge in [-0.25, -0.2) is 4.98 Å². The van der Waals surface area contributed by atoms with Crippen LogP contribution in [0.15, 0.2) is 18.3 Å². The number of pyridine rings is 1. The van der Waals surface area contributed by atoms with Gasteiger partial charge in [-0.15, -0.1) is 0 Å². The van der Waals surface area contributed by atoms with E-state index in [0.717, 1.165) is 24.6 Å². The second-order valence-electron chi connectivity index (χ2n) is 2.18. The van der Waals surface area contributed by atoms with E-state index in [1.807, 2.05) is 12.1 Å². The fourth-order valence-electron chi connectivity index (χ4n) is 1.01. The first-order valence-electron chi connectivity index (χ1n) is 3.33. The summed E-state index contributed by atoms with van der Waals surface area (Å²) in [7, 11) is 0. The normalized spacial score (nSPS) is 14.8. The zero-order valence-electron chi connectivity index (χ0n) is 5.54. The van der Waals surface area contributed by atoms with Crippen molar-refractivity contribution in [3.05, 3.63) is 18.3 Å². The third kappa shape index (κ3) is 0.795. The van der Waals surface area contributed by atoms with Gasteiger partial charge < -0.3 is 5.32 Å². The van der Waals surface area contributed by atoms with E-state index < -0.39 is 0 Å². The van der Waals surface area contributed by atoms with Crippen molar-refractivity contribution in [3.8, 4) is 0 Å². The lowest BCUT2D eigenvalue weighted by molar-refractivity contribution is 0.812. The Balaban J connectivity index is 2.41.